The third-order valence-electron chi connectivity index (χ3n) is 5.26. The number of furan rings is 1. The minimum absolute atomic E-state index is 0.0939. The number of halogens is 1. The van der Waals surface area contributed by atoms with Crippen LogP contribution in [0, 0.1) is 6.92 Å². The smallest absolute Gasteiger partial charge is 0.294 e. The van der Waals surface area contributed by atoms with Gasteiger partial charge in [0.25, 0.3) is 15.9 Å². The van der Waals surface area contributed by atoms with E-state index in [0.717, 1.165) is 0 Å². The Morgan fingerprint density at radius 2 is 1.82 bits per heavy atom. The number of aryl methyl sites for hydroxylation is 1. The van der Waals surface area contributed by atoms with Crippen molar-refractivity contribution in [1.29, 1.82) is 0 Å². The third-order valence-corrected chi connectivity index (χ3v) is 6.88. The molecule has 0 bridgehead atoms. The van der Waals surface area contributed by atoms with Gasteiger partial charge in [-0.05, 0) is 61.5 Å². The minimum Gasteiger partial charge on any atom is -0.497 e. The number of anilines is 1. The summed E-state index contributed by atoms with van der Waals surface area (Å²) in [7, 11) is -2.28. The van der Waals surface area contributed by atoms with Gasteiger partial charge in [0.1, 0.15) is 11.3 Å². The molecule has 10 heteroatoms. The predicted molar refractivity (Wildman–Crippen MR) is 128 cm³/mol. The Morgan fingerprint density at radius 3 is 2.56 bits per heavy atom. The maximum absolute atomic E-state index is 13.0. The number of benzene rings is 3. The summed E-state index contributed by atoms with van der Waals surface area (Å²) in [6.07, 6.45) is 0. The highest BCUT2D eigenvalue weighted by Gasteiger charge is 2.22. The number of nitrogens with one attached hydrogen (secondary N) is 1. The molecule has 0 fully saturated rings. The van der Waals surface area contributed by atoms with Crippen LogP contribution in [0.1, 0.15) is 5.56 Å². The average molecular weight is 496 g/mol. The van der Waals surface area contributed by atoms with Gasteiger partial charge in [-0.3, -0.25) is 4.72 Å². The zero-order valence-corrected chi connectivity index (χ0v) is 19.6. The third kappa shape index (κ3) is 4.11. The Kier molecular flexibility index (Phi) is 5.51. The summed E-state index contributed by atoms with van der Waals surface area (Å²) in [4.78, 5) is 4.51. The SMILES string of the molecule is COc1ccc(NS(=O)(=O)c2ccc3oc(-c4nc(-c5cccc(Cl)c5)no4)c(C)c3c2)cc1. The number of hydrogen-bond donors (Lipinski definition) is 1. The van der Waals surface area contributed by atoms with Crippen LogP contribution in [0.4, 0.5) is 5.69 Å². The van der Waals surface area contributed by atoms with E-state index in [1.165, 1.54) is 6.07 Å². The van der Waals surface area contributed by atoms with Crippen molar-refractivity contribution in [3.8, 4) is 28.8 Å². The van der Waals surface area contributed by atoms with E-state index in [9.17, 15) is 8.42 Å². The van der Waals surface area contributed by atoms with Gasteiger partial charge in [0.15, 0.2) is 5.76 Å². The van der Waals surface area contributed by atoms with Gasteiger partial charge in [-0.25, -0.2) is 8.42 Å². The van der Waals surface area contributed by atoms with E-state index >= 15 is 0 Å². The van der Waals surface area contributed by atoms with Gasteiger partial charge in [0.2, 0.25) is 5.82 Å². The molecule has 0 aliphatic carbocycles. The van der Waals surface area contributed by atoms with E-state index in [2.05, 4.69) is 14.9 Å². The summed E-state index contributed by atoms with van der Waals surface area (Å²) < 4.78 is 44.9. The molecule has 0 amide bonds. The van der Waals surface area contributed by atoms with Gasteiger partial charge in [-0.15, -0.1) is 0 Å². The van der Waals surface area contributed by atoms with Crippen molar-refractivity contribution < 1.29 is 22.1 Å². The second kappa shape index (κ2) is 8.51. The molecule has 0 saturated heterocycles. The lowest BCUT2D eigenvalue weighted by Crippen LogP contribution is -2.12. The average Bonchev–Trinajstić information content (AvgIpc) is 3.44. The van der Waals surface area contributed by atoms with E-state index in [1.54, 1.807) is 68.6 Å². The highest BCUT2D eigenvalue weighted by atomic mass is 35.5. The van der Waals surface area contributed by atoms with E-state index in [-0.39, 0.29) is 10.8 Å². The quantitative estimate of drug-likeness (QED) is 0.311. The van der Waals surface area contributed by atoms with Crippen molar-refractivity contribution in [2.24, 2.45) is 0 Å². The van der Waals surface area contributed by atoms with Gasteiger partial charge in [0, 0.05) is 27.2 Å². The summed E-state index contributed by atoms with van der Waals surface area (Å²) >= 11 is 6.05. The first-order valence-electron chi connectivity index (χ1n) is 10.1. The lowest BCUT2D eigenvalue weighted by molar-refractivity contribution is 0.415. The fourth-order valence-corrected chi connectivity index (χ4v) is 4.78. The molecule has 0 radical (unpaired) electrons. The van der Waals surface area contributed by atoms with Gasteiger partial charge >= 0.3 is 0 Å². The number of ether oxygens (including phenoxy) is 1. The highest BCUT2D eigenvalue weighted by molar-refractivity contribution is 7.92. The number of nitrogens with zero attached hydrogens (tertiary/aromatic N) is 2. The Hall–Kier alpha value is -3.82. The summed E-state index contributed by atoms with van der Waals surface area (Å²) in [5.74, 6) is 1.55. The first-order chi connectivity index (χ1) is 16.3. The molecule has 3 aromatic carbocycles. The van der Waals surface area contributed by atoms with E-state index in [1.807, 2.05) is 6.07 Å². The van der Waals surface area contributed by atoms with Gasteiger partial charge in [-0.1, -0.05) is 28.9 Å². The second-order valence-corrected chi connectivity index (χ2v) is 9.60. The Labute approximate surface area is 200 Å². The molecule has 172 valence electrons. The molecule has 0 aliphatic heterocycles. The van der Waals surface area contributed by atoms with Crippen molar-refractivity contribution in [3.05, 3.63) is 77.3 Å². The standard InChI is InChI=1S/C24H18ClN3O5S/c1-14-20-13-19(34(29,30)28-17-6-8-18(31-2)9-7-17)10-11-21(20)32-22(14)24-26-23(27-33-24)15-4-3-5-16(25)12-15/h3-13,28H,1-2H3. The molecule has 34 heavy (non-hydrogen) atoms. The van der Waals surface area contributed by atoms with Crippen LogP contribution >= 0.6 is 11.6 Å². The number of rotatable bonds is 6. The van der Waals surface area contributed by atoms with Crippen LogP contribution in [0.2, 0.25) is 5.02 Å². The van der Waals surface area contributed by atoms with E-state index in [4.69, 9.17) is 25.3 Å². The Bertz CT molecular complexity index is 1610. The van der Waals surface area contributed by atoms with Crippen LogP contribution in [0.25, 0.3) is 34.0 Å². The molecule has 8 nitrogen and oxygen atoms in total. The largest absolute Gasteiger partial charge is 0.497 e. The predicted octanol–water partition coefficient (Wildman–Crippen LogP) is 5.92. The second-order valence-electron chi connectivity index (χ2n) is 7.48. The fraction of sp³-hybridized carbons (Fsp3) is 0.0833. The summed E-state index contributed by atoms with van der Waals surface area (Å²) in [6.45, 7) is 1.80. The molecule has 5 aromatic rings. The number of fused-ring (bicyclic) bond motifs is 1. The summed E-state index contributed by atoms with van der Waals surface area (Å²) in [5.41, 5.74) is 2.30. The molecule has 0 atom stereocenters. The molecule has 0 spiro atoms. The van der Waals surface area contributed by atoms with Gasteiger partial charge in [-0.2, -0.15) is 4.98 Å². The maximum Gasteiger partial charge on any atom is 0.294 e. The lowest BCUT2D eigenvalue weighted by atomic mass is 10.1. The molecular formula is C24H18ClN3O5S. The van der Waals surface area contributed by atoms with Crippen LogP contribution in [-0.4, -0.2) is 25.7 Å². The molecule has 1 N–H and O–H groups in total. The van der Waals surface area contributed by atoms with Crippen LogP contribution in [0.15, 0.2) is 80.6 Å². The summed E-state index contributed by atoms with van der Waals surface area (Å²) in [6, 6.07) is 18.3. The van der Waals surface area contributed by atoms with Crippen molar-refractivity contribution in [1.82, 2.24) is 10.1 Å². The molecule has 0 saturated carbocycles. The van der Waals surface area contributed by atoms with Crippen LogP contribution in [0.5, 0.6) is 5.75 Å². The highest BCUT2D eigenvalue weighted by Crippen LogP contribution is 2.35. The summed E-state index contributed by atoms with van der Waals surface area (Å²) in [5, 5.41) is 5.19. The van der Waals surface area contributed by atoms with Crippen molar-refractivity contribution in [2.45, 2.75) is 11.8 Å². The zero-order valence-electron chi connectivity index (χ0n) is 18.1. The van der Waals surface area contributed by atoms with E-state index < -0.39 is 10.0 Å². The van der Waals surface area contributed by atoms with Crippen molar-refractivity contribution in [2.75, 3.05) is 11.8 Å². The van der Waals surface area contributed by atoms with Crippen molar-refractivity contribution >= 4 is 38.3 Å². The first-order valence-corrected chi connectivity index (χ1v) is 12.0. The molecule has 0 unspecified atom stereocenters. The minimum atomic E-state index is -3.83. The Morgan fingerprint density at radius 1 is 1.03 bits per heavy atom. The molecule has 0 aliphatic rings. The van der Waals surface area contributed by atoms with Crippen molar-refractivity contribution in [3.63, 3.8) is 0 Å². The van der Waals surface area contributed by atoms with Gasteiger partial charge in [0.05, 0.1) is 12.0 Å². The fourth-order valence-electron chi connectivity index (χ4n) is 3.50. The normalized spacial score (nSPS) is 11.6. The van der Waals surface area contributed by atoms with Crippen LogP contribution in [0.3, 0.4) is 0 Å². The molecule has 2 heterocycles. The monoisotopic (exact) mass is 495 g/mol. The van der Waals surface area contributed by atoms with E-state index in [0.29, 0.717) is 50.1 Å². The van der Waals surface area contributed by atoms with Crippen LogP contribution in [-0.2, 0) is 10.0 Å². The zero-order chi connectivity index (χ0) is 23.9. The topological polar surface area (TPSA) is 107 Å². The Balaban J connectivity index is 1.47. The number of aromatic nitrogens is 2. The number of hydrogen-bond acceptors (Lipinski definition) is 7. The lowest BCUT2D eigenvalue weighted by Gasteiger charge is -2.09. The number of methoxy groups -OCH3 is 1. The maximum atomic E-state index is 13.0. The van der Waals surface area contributed by atoms with Gasteiger partial charge < -0.3 is 13.7 Å². The molecule has 5 rings (SSSR count). The van der Waals surface area contributed by atoms with Crippen LogP contribution < -0.4 is 9.46 Å². The molecular weight excluding hydrogens is 478 g/mol. The molecule has 2 aromatic heterocycles. The number of sulfonamides is 1. The first kappa shape index (κ1) is 22.0.